The Hall–Kier alpha value is -0.950. The molecule has 0 fully saturated rings. The molecule has 1 rings (SSSR count). The van der Waals surface area contributed by atoms with Crippen LogP contribution in [0.15, 0.2) is 23.1 Å². The van der Waals surface area contributed by atoms with Crippen molar-refractivity contribution in [3.63, 3.8) is 0 Å². The van der Waals surface area contributed by atoms with E-state index in [1.165, 1.54) is 4.31 Å². The van der Waals surface area contributed by atoms with Gasteiger partial charge in [0.1, 0.15) is 0 Å². The van der Waals surface area contributed by atoms with Gasteiger partial charge in [0, 0.05) is 26.7 Å². The zero-order valence-electron chi connectivity index (χ0n) is 12.6. The van der Waals surface area contributed by atoms with E-state index >= 15 is 0 Å². The van der Waals surface area contributed by atoms with E-state index in [4.69, 9.17) is 4.74 Å². The van der Waals surface area contributed by atoms with Gasteiger partial charge >= 0.3 is 0 Å². The summed E-state index contributed by atoms with van der Waals surface area (Å²) >= 11 is 0. The summed E-state index contributed by atoms with van der Waals surface area (Å²) in [5.74, 6) is 0. The van der Waals surface area contributed by atoms with E-state index in [0.717, 1.165) is 11.1 Å². The molecule has 0 aromatic heterocycles. The van der Waals surface area contributed by atoms with E-state index in [-0.39, 0.29) is 0 Å². The first-order chi connectivity index (χ1) is 9.43. The van der Waals surface area contributed by atoms with E-state index in [1.807, 2.05) is 33.0 Å². The first kappa shape index (κ1) is 17.1. The molecule has 5 nitrogen and oxygen atoms in total. The summed E-state index contributed by atoms with van der Waals surface area (Å²) in [6.07, 6.45) is 0. The fourth-order valence-corrected chi connectivity index (χ4v) is 3.29. The van der Waals surface area contributed by atoms with Crippen molar-refractivity contribution in [3.8, 4) is 0 Å². The Morgan fingerprint density at radius 3 is 2.65 bits per heavy atom. The fraction of sp³-hybridized carbons (Fsp3) is 0.571. The number of hydrogen-bond acceptors (Lipinski definition) is 4. The Balaban J connectivity index is 2.98. The molecule has 6 heteroatoms. The van der Waals surface area contributed by atoms with Crippen molar-refractivity contribution in [1.82, 2.24) is 9.62 Å². The molecule has 20 heavy (non-hydrogen) atoms. The van der Waals surface area contributed by atoms with Gasteiger partial charge in [-0.3, -0.25) is 0 Å². The summed E-state index contributed by atoms with van der Waals surface area (Å²) in [7, 11) is -0.0479. The van der Waals surface area contributed by atoms with Crippen molar-refractivity contribution in [3.05, 3.63) is 29.3 Å². The maximum absolute atomic E-state index is 12.6. The lowest BCUT2D eigenvalue weighted by molar-refractivity contribution is 0.138. The highest BCUT2D eigenvalue weighted by Crippen LogP contribution is 2.20. The number of aryl methyl sites for hydroxylation is 1. The van der Waals surface area contributed by atoms with Crippen LogP contribution in [-0.2, 0) is 21.3 Å². The highest BCUT2D eigenvalue weighted by molar-refractivity contribution is 7.89. The van der Waals surface area contributed by atoms with Gasteiger partial charge in [-0.1, -0.05) is 12.1 Å². The van der Waals surface area contributed by atoms with Crippen LogP contribution in [0.25, 0.3) is 0 Å². The summed E-state index contributed by atoms with van der Waals surface area (Å²) < 4.78 is 31.7. The molecule has 1 aromatic carbocycles. The van der Waals surface area contributed by atoms with Crippen LogP contribution >= 0.6 is 0 Å². The van der Waals surface area contributed by atoms with Crippen LogP contribution in [0.2, 0.25) is 0 Å². The minimum absolute atomic E-state index is 0.353. The number of sulfonamides is 1. The summed E-state index contributed by atoms with van der Waals surface area (Å²) in [6, 6.07) is 5.51. The molecule has 0 aliphatic carbocycles. The maximum atomic E-state index is 12.6. The van der Waals surface area contributed by atoms with E-state index in [1.54, 1.807) is 13.1 Å². The molecular formula is C14H24N2O3S. The average Bonchev–Trinajstić information content (AvgIpc) is 2.41. The molecule has 0 heterocycles. The molecule has 0 spiro atoms. The van der Waals surface area contributed by atoms with Crippen LogP contribution in [-0.4, -0.2) is 46.6 Å². The fourth-order valence-electron chi connectivity index (χ4n) is 1.86. The van der Waals surface area contributed by atoms with Gasteiger partial charge in [0.15, 0.2) is 0 Å². The largest absolute Gasteiger partial charge is 0.380 e. The monoisotopic (exact) mass is 300 g/mol. The Bertz CT molecular complexity index is 529. The second-order valence-electron chi connectivity index (χ2n) is 4.65. The number of nitrogens with one attached hydrogen (secondary N) is 1. The predicted octanol–water partition coefficient (Wildman–Crippen LogP) is 1.37. The average molecular weight is 300 g/mol. The molecule has 0 aliphatic heterocycles. The van der Waals surface area contributed by atoms with E-state index in [2.05, 4.69) is 5.32 Å². The maximum Gasteiger partial charge on any atom is 0.243 e. The third-order valence-electron chi connectivity index (χ3n) is 3.08. The predicted molar refractivity (Wildman–Crippen MR) is 80.3 cm³/mol. The lowest BCUT2D eigenvalue weighted by atomic mass is 10.1. The first-order valence-electron chi connectivity index (χ1n) is 6.71. The van der Waals surface area contributed by atoms with Crippen LogP contribution in [0, 0.1) is 6.92 Å². The zero-order chi connectivity index (χ0) is 15.2. The number of nitrogens with zero attached hydrogens (tertiary/aromatic N) is 1. The van der Waals surface area contributed by atoms with Crippen molar-refractivity contribution in [2.24, 2.45) is 0 Å². The normalized spacial score (nSPS) is 12.1. The topological polar surface area (TPSA) is 58.6 Å². The molecule has 0 unspecified atom stereocenters. The van der Waals surface area contributed by atoms with Crippen molar-refractivity contribution in [2.75, 3.05) is 33.9 Å². The van der Waals surface area contributed by atoms with Crippen molar-refractivity contribution >= 4 is 10.0 Å². The van der Waals surface area contributed by atoms with Gasteiger partial charge in [0.05, 0.1) is 11.5 Å². The SMILES string of the molecule is CCOCCN(C)S(=O)(=O)c1cc(CNC)ccc1C. The van der Waals surface area contributed by atoms with Crippen molar-refractivity contribution < 1.29 is 13.2 Å². The lowest BCUT2D eigenvalue weighted by Crippen LogP contribution is -2.31. The second-order valence-corrected chi connectivity index (χ2v) is 6.67. The number of hydrogen-bond donors (Lipinski definition) is 1. The molecule has 1 N–H and O–H groups in total. The third kappa shape index (κ3) is 4.28. The van der Waals surface area contributed by atoms with Gasteiger partial charge in [-0.25, -0.2) is 8.42 Å². The third-order valence-corrected chi connectivity index (χ3v) is 5.08. The summed E-state index contributed by atoms with van der Waals surface area (Å²) in [4.78, 5) is 0.365. The number of ether oxygens (including phenoxy) is 1. The summed E-state index contributed by atoms with van der Waals surface area (Å²) in [5, 5.41) is 3.02. The highest BCUT2D eigenvalue weighted by atomic mass is 32.2. The van der Waals surface area contributed by atoms with Crippen LogP contribution in [0.3, 0.4) is 0 Å². The van der Waals surface area contributed by atoms with Gasteiger partial charge in [-0.15, -0.1) is 0 Å². The Morgan fingerprint density at radius 2 is 2.05 bits per heavy atom. The quantitative estimate of drug-likeness (QED) is 0.737. The van der Waals surface area contributed by atoms with E-state index < -0.39 is 10.0 Å². The highest BCUT2D eigenvalue weighted by Gasteiger charge is 2.22. The van der Waals surface area contributed by atoms with Crippen molar-refractivity contribution in [2.45, 2.75) is 25.3 Å². The zero-order valence-corrected chi connectivity index (χ0v) is 13.5. The standard InChI is InChI=1S/C14H24N2O3S/c1-5-19-9-8-16(4)20(17,18)14-10-13(11-15-3)7-6-12(14)2/h6-7,10,15H,5,8-9,11H2,1-4H3. The van der Waals surface area contributed by atoms with Gasteiger partial charge in [-0.2, -0.15) is 4.31 Å². The number of benzene rings is 1. The van der Waals surface area contributed by atoms with Gasteiger partial charge in [0.25, 0.3) is 0 Å². The van der Waals surface area contributed by atoms with Crippen LogP contribution < -0.4 is 5.32 Å². The van der Waals surface area contributed by atoms with Gasteiger partial charge < -0.3 is 10.1 Å². The lowest BCUT2D eigenvalue weighted by Gasteiger charge is -2.19. The smallest absolute Gasteiger partial charge is 0.243 e. The Kier molecular flexibility index (Phi) is 6.61. The molecular weight excluding hydrogens is 276 g/mol. The van der Waals surface area contributed by atoms with Crippen LogP contribution in [0.5, 0.6) is 0 Å². The Morgan fingerprint density at radius 1 is 1.35 bits per heavy atom. The molecule has 114 valence electrons. The molecule has 0 saturated heterocycles. The number of rotatable bonds is 8. The van der Waals surface area contributed by atoms with Crippen LogP contribution in [0.1, 0.15) is 18.1 Å². The van der Waals surface area contributed by atoms with Gasteiger partial charge in [0.2, 0.25) is 10.0 Å². The first-order valence-corrected chi connectivity index (χ1v) is 8.15. The van der Waals surface area contributed by atoms with Crippen LogP contribution in [0.4, 0.5) is 0 Å². The minimum Gasteiger partial charge on any atom is -0.380 e. The Labute approximate surface area is 122 Å². The molecule has 0 radical (unpaired) electrons. The molecule has 1 aromatic rings. The summed E-state index contributed by atoms with van der Waals surface area (Å²) in [6.45, 7) is 5.69. The molecule has 0 saturated carbocycles. The van der Waals surface area contributed by atoms with E-state index in [0.29, 0.717) is 31.2 Å². The second kappa shape index (κ2) is 7.73. The molecule has 0 amide bonds. The molecule has 0 bridgehead atoms. The summed E-state index contributed by atoms with van der Waals surface area (Å²) in [5.41, 5.74) is 1.71. The van der Waals surface area contributed by atoms with Gasteiger partial charge in [-0.05, 0) is 38.1 Å². The van der Waals surface area contributed by atoms with Crippen molar-refractivity contribution in [1.29, 1.82) is 0 Å². The minimum atomic E-state index is -3.47. The number of likely N-dealkylation sites (N-methyl/N-ethyl adjacent to an activating group) is 1. The molecule has 0 atom stereocenters. The molecule has 0 aliphatic rings. The van der Waals surface area contributed by atoms with E-state index in [9.17, 15) is 8.42 Å².